The maximum Gasteiger partial charge on any atom is 0.326 e. The Morgan fingerprint density at radius 2 is 1.74 bits per heavy atom. The van der Waals surface area contributed by atoms with E-state index in [2.05, 4.69) is 10.6 Å². The van der Waals surface area contributed by atoms with Crippen molar-refractivity contribution in [3.05, 3.63) is 87.4 Å². The molecule has 0 saturated carbocycles. The van der Waals surface area contributed by atoms with E-state index in [9.17, 15) is 19.5 Å². The van der Waals surface area contributed by atoms with Crippen LogP contribution in [0.15, 0.2) is 60.7 Å². The van der Waals surface area contributed by atoms with Crippen molar-refractivity contribution in [3.63, 3.8) is 0 Å². The van der Waals surface area contributed by atoms with Crippen LogP contribution < -0.4 is 21.1 Å². The molecule has 12 heteroatoms. The number of carbonyl (C=O) groups is 3. The minimum Gasteiger partial charge on any atom is -0.493 e. The summed E-state index contributed by atoms with van der Waals surface area (Å²) in [5.74, 6) is -1.46. The van der Waals surface area contributed by atoms with Crippen LogP contribution in [0.3, 0.4) is 0 Å². The number of halogens is 2. The zero-order valence-corrected chi connectivity index (χ0v) is 25.1. The van der Waals surface area contributed by atoms with Crippen molar-refractivity contribution >= 4 is 60.2 Å². The van der Waals surface area contributed by atoms with Crippen molar-refractivity contribution in [3.8, 4) is 16.9 Å². The molecule has 0 aromatic heterocycles. The predicted octanol–water partition coefficient (Wildman–Crippen LogP) is 4.90. The largest absolute Gasteiger partial charge is 0.493 e. The zero-order valence-electron chi connectivity index (χ0n) is 22.6. The van der Waals surface area contributed by atoms with E-state index in [0.29, 0.717) is 30.8 Å². The van der Waals surface area contributed by atoms with Crippen LogP contribution in [0.5, 0.6) is 5.75 Å². The standard InChI is InChI=1S/C30H30Cl2N4O5.H2S/c31-22-14-19(18-4-2-1-3-5-18)15-23(32)28(22)29(38)36-25(30(39)40)8-7-20(37)16-35-24-10-11-41-26-9-6-17(12-21(24)26)13-27(33)34;/h1-6,9,12,14-15,24-25,35H,7-8,10-11,13,16H2,(H3,33,34)(H,36,38)(H,39,40);1H2/t24?,25-;/m0./s1. The highest BCUT2D eigenvalue weighted by molar-refractivity contribution is 7.59. The van der Waals surface area contributed by atoms with Gasteiger partial charge in [-0.05, 0) is 41.3 Å². The molecule has 4 rings (SSSR count). The first-order valence-corrected chi connectivity index (χ1v) is 13.8. The number of aliphatic carboxylic acids is 1. The molecule has 3 aromatic carbocycles. The summed E-state index contributed by atoms with van der Waals surface area (Å²) in [7, 11) is 0. The van der Waals surface area contributed by atoms with E-state index in [1.807, 2.05) is 48.5 Å². The molecule has 222 valence electrons. The van der Waals surface area contributed by atoms with Crippen molar-refractivity contribution in [1.82, 2.24) is 10.6 Å². The summed E-state index contributed by atoms with van der Waals surface area (Å²) in [4.78, 5) is 37.5. The molecule has 6 N–H and O–H groups in total. The van der Waals surface area contributed by atoms with Gasteiger partial charge in [-0.2, -0.15) is 13.5 Å². The van der Waals surface area contributed by atoms with Gasteiger partial charge in [-0.1, -0.05) is 65.7 Å². The number of nitrogens with two attached hydrogens (primary N) is 1. The molecule has 0 radical (unpaired) electrons. The number of benzene rings is 3. The van der Waals surface area contributed by atoms with Crippen LogP contribution in [0.4, 0.5) is 0 Å². The van der Waals surface area contributed by atoms with E-state index in [0.717, 1.165) is 16.7 Å². The Balaban J connectivity index is 0.00000484. The fourth-order valence-electron chi connectivity index (χ4n) is 4.69. The lowest BCUT2D eigenvalue weighted by atomic mass is 9.96. The number of fused-ring (bicyclic) bond motifs is 1. The van der Waals surface area contributed by atoms with Crippen molar-refractivity contribution in [1.29, 1.82) is 5.41 Å². The summed E-state index contributed by atoms with van der Waals surface area (Å²) in [6.45, 7) is 0.495. The number of hydrogen-bond donors (Lipinski definition) is 5. The van der Waals surface area contributed by atoms with Gasteiger partial charge >= 0.3 is 5.97 Å². The summed E-state index contributed by atoms with van der Waals surface area (Å²) in [5.41, 5.74) is 8.82. The average Bonchev–Trinajstić information content (AvgIpc) is 2.93. The number of carbonyl (C=O) groups excluding carboxylic acids is 2. The van der Waals surface area contributed by atoms with Crippen LogP contribution in [0.2, 0.25) is 10.0 Å². The maximum absolute atomic E-state index is 13.0. The fraction of sp³-hybridized carbons (Fsp3) is 0.267. The van der Waals surface area contributed by atoms with Crippen molar-refractivity contribution in [2.24, 2.45) is 5.73 Å². The first-order chi connectivity index (χ1) is 19.6. The number of rotatable bonds is 12. The first kappa shape index (κ1) is 32.9. The van der Waals surface area contributed by atoms with Gasteiger partial charge in [0, 0.05) is 30.9 Å². The number of amidine groups is 1. The molecule has 0 spiro atoms. The van der Waals surface area contributed by atoms with Gasteiger partial charge in [-0.15, -0.1) is 0 Å². The van der Waals surface area contributed by atoms with Crippen LogP contribution in [0.25, 0.3) is 11.1 Å². The second-order valence-corrected chi connectivity index (χ2v) is 10.6. The number of amides is 1. The molecule has 1 heterocycles. The van der Waals surface area contributed by atoms with Gasteiger partial charge < -0.3 is 26.2 Å². The lowest BCUT2D eigenvalue weighted by Crippen LogP contribution is -2.41. The van der Waals surface area contributed by atoms with Gasteiger partial charge in [0.25, 0.3) is 5.91 Å². The van der Waals surface area contributed by atoms with E-state index >= 15 is 0 Å². The minimum atomic E-state index is -1.31. The van der Waals surface area contributed by atoms with Gasteiger partial charge in [0.15, 0.2) is 0 Å². The van der Waals surface area contributed by atoms with E-state index in [4.69, 9.17) is 39.1 Å². The topological polar surface area (TPSA) is 155 Å². The Morgan fingerprint density at radius 1 is 1.05 bits per heavy atom. The fourth-order valence-corrected chi connectivity index (χ4v) is 5.35. The quantitative estimate of drug-likeness (QED) is 0.141. The van der Waals surface area contributed by atoms with Crippen LogP contribution in [-0.2, 0) is 16.0 Å². The Morgan fingerprint density at radius 3 is 2.38 bits per heavy atom. The molecule has 1 amide bonds. The second kappa shape index (κ2) is 15.1. The molecule has 1 aliphatic rings. The third kappa shape index (κ3) is 8.48. The zero-order chi connectivity index (χ0) is 29.5. The number of nitrogens with one attached hydrogen (secondary N) is 3. The van der Waals surface area contributed by atoms with Crippen LogP contribution in [0.1, 0.15) is 46.8 Å². The highest BCUT2D eigenvalue weighted by atomic mass is 35.5. The van der Waals surface area contributed by atoms with Gasteiger partial charge in [0.2, 0.25) is 0 Å². The average molecular weight is 632 g/mol. The number of carboxylic acids is 1. The molecular weight excluding hydrogens is 599 g/mol. The SMILES string of the molecule is N=C(N)Cc1ccc2c(c1)C(NCC(=O)CC[C@H](NC(=O)c1c(Cl)cc(-c3ccccc3)cc1Cl)C(=O)O)CCO2.S. The third-order valence-electron chi connectivity index (χ3n) is 6.75. The third-order valence-corrected chi connectivity index (χ3v) is 7.34. The smallest absolute Gasteiger partial charge is 0.326 e. The molecular formula is C30H32Cl2N4O5S. The molecule has 3 aromatic rings. The van der Waals surface area contributed by atoms with Crippen molar-refractivity contribution in [2.45, 2.75) is 37.8 Å². The molecule has 1 aliphatic heterocycles. The summed E-state index contributed by atoms with van der Waals surface area (Å²) >= 11 is 12.7. The Hall–Kier alpha value is -3.57. The summed E-state index contributed by atoms with van der Waals surface area (Å²) in [5, 5.41) is 23.1. The maximum atomic E-state index is 13.0. The van der Waals surface area contributed by atoms with Crippen LogP contribution in [-0.4, -0.2) is 47.8 Å². The minimum absolute atomic E-state index is 0. The van der Waals surface area contributed by atoms with Gasteiger partial charge in [0.05, 0.1) is 34.6 Å². The lowest BCUT2D eigenvalue weighted by molar-refractivity contribution is -0.139. The molecule has 0 aliphatic carbocycles. The monoisotopic (exact) mass is 630 g/mol. The van der Waals surface area contributed by atoms with Crippen LogP contribution >= 0.6 is 36.7 Å². The molecule has 0 bridgehead atoms. The number of hydrogen-bond acceptors (Lipinski definition) is 6. The lowest BCUT2D eigenvalue weighted by Gasteiger charge is -2.27. The Labute approximate surface area is 260 Å². The highest BCUT2D eigenvalue weighted by Crippen LogP contribution is 2.33. The summed E-state index contributed by atoms with van der Waals surface area (Å²) in [6, 6.07) is 16.7. The number of ether oxygens (including phenoxy) is 1. The first-order valence-electron chi connectivity index (χ1n) is 13.0. The summed E-state index contributed by atoms with van der Waals surface area (Å²) < 4.78 is 5.71. The van der Waals surface area contributed by atoms with E-state index in [1.165, 1.54) is 0 Å². The van der Waals surface area contributed by atoms with E-state index < -0.39 is 17.9 Å². The summed E-state index contributed by atoms with van der Waals surface area (Å²) in [6.07, 6.45) is 0.780. The molecule has 0 fully saturated rings. The number of ketones is 1. The molecule has 2 atom stereocenters. The number of Topliss-reactive ketones (excluding diaryl/α,β-unsaturated/α-hetero) is 1. The van der Waals surface area contributed by atoms with E-state index in [1.54, 1.807) is 12.1 Å². The van der Waals surface area contributed by atoms with Gasteiger partial charge in [0.1, 0.15) is 17.6 Å². The molecule has 0 saturated heterocycles. The van der Waals surface area contributed by atoms with Crippen molar-refractivity contribution in [2.75, 3.05) is 13.2 Å². The second-order valence-electron chi connectivity index (χ2n) is 9.77. The molecule has 9 nitrogen and oxygen atoms in total. The number of carboxylic acid groups (broad SMARTS) is 1. The molecule has 42 heavy (non-hydrogen) atoms. The molecule has 1 unspecified atom stereocenters. The van der Waals surface area contributed by atoms with Crippen molar-refractivity contribution < 1.29 is 24.2 Å². The normalized spacial score (nSPS) is 14.5. The predicted molar refractivity (Wildman–Crippen MR) is 168 cm³/mol. The Kier molecular flexibility index (Phi) is 11.8. The van der Waals surface area contributed by atoms with Gasteiger partial charge in [-0.3, -0.25) is 15.0 Å². The van der Waals surface area contributed by atoms with Gasteiger partial charge in [-0.25, -0.2) is 4.79 Å². The Bertz CT molecular complexity index is 1450. The van der Waals surface area contributed by atoms with E-state index in [-0.39, 0.29) is 66.2 Å². The highest BCUT2D eigenvalue weighted by Gasteiger charge is 2.26. The van der Waals surface area contributed by atoms with Crippen LogP contribution in [0, 0.1) is 5.41 Å².